The van der Waals surface area contributed by atoms with Crippen molar-refractivity contribution in [2.75, 3.05) is 18.0 Å². The van der Waals surface area contributed by atoms with Crippen LogP contribution in [0, 0.1) is 11.8 Å². The van der Waals surface area contributed by atoms with Gasteiger partial charge in [-0.25, -0.2) is 9.97 Å². The third-order valence-electron chi connectivity index (χ3n) is 3.68. The Bertz CT molecular complexity index is 552. The molecule has 1 aliphatic rings. The Hall–Kier alpha value is -1.65. The first-order valence-electron chi connectivity index (χ1n) is 6.53. The van der Waals surface area contributed by atoms with Gasteiger partial charge in [-0.15, -0.1) is 0 Å². The maximum absolute atomic E-state index is 4.47. The summed E-state index contributed by atoms with van der Waals surface area (Å²) in [5.41, 5.74) is 0.908. The van der Waals surface area contributed by atoms with Crippen LogP contribution in [0.1, 0.15) is 20.3 Å². The summed E-state index contributed by atoms with van der Waals surface area (Å²) in [6.07, 6.45) is 4.82. The lowest BCUT2D eigenvalue weighted by Gasteiger charge is -2.35. The zero-order chi connectivity index (χ0) is 12.7. The van der Waals surface area contributed by atoms with E-state index in [0.717, 1.165) is 41.8 Å². The predicted octanol–water partition coefficient (Wildman–Crippen LogP) is 1.85. The van der Waals surface area contributed by atoms with Gasteiger partial charge in [0.15, 0.2) is 5.65 Å². The average Bonchev–Trinajstić information content (AvgIpc) is 2.70. The second-order valence-corrected chi connectivity index (χ2v) is 5.55. The number of hydrogen-bond donors (Lipinski definition) is 0. The topological polar surface area (TPSA) is 46.8 Å². The van der Waals surface area contributed by atoms with E-state index in [0.29, 0.717) is 0 Å². The predicted molar refractivity (Wildman–Crippen MR) is 71.5 cm³/mol. The molecule has 0 N–H and O–H groups in total. The van der Waals surface area contributed by atoms with E-state index in [-0.39, 0.29) is 0 Å². The fraction of sp³-hybridized carbons (Fsp3) is 0.615. The van der Waals surface area contributed by atoms with Gasteiger partial charge in [-0.05, 0) is 18.3 Å². The quantitative estimate of drug-likeness (QED) is 0.769. The van der Waals surface area contributed by atoms with Crippen LogP contribution in [-0.4, -0.2) is 32.8 Å². The molecule has 3 heterocycles. The summed E-state index contributed by atoms with van der Waals surface area (Å²) in [5.74, 6) is 2.47. The molecule has 2 aromatic heterocycles. The highest BCUT2D eigenvalue weighted by Gasteiger charge is 2.24. The highest BCUT2D eigenvalue weighted by atomic mass is 15.3. The highest BCUT2D eigenvalue weighted by Crippen LogP contribution is 2.28. The molecule has 0 saturated carbocycles. The SMILES string of the molecule is C[C@@H]1C[C@H](C)CN(c2ncnc3c2cnn3C)C1. The molecule has 0 bridgehead atoms. The van der Waals surface area contributed by atoms with Crippen molar-refractivity contribution in [2.45, 2.75) is 20.3 Å². The van der Waals surface area contributed by atoms with E-state index in [1.165, 1.54) is 6.42 Å². The molecular formula is C13H19N5. The second-order valence-electron chi connectivity index (χ2n) is 5.55. The van der Waals surface area contributed by atoms with Crippen LogP contribution in [0.2, 0.25) is 0 Å². The molecule has 18 heavy (non-hydrogen) atoms. The first kappa shape index (κ1) is 11.4. The van der Waals surface area contributed by atoms with E-state index in [9.17, 15) is 0 Å². The van der Waals surface area contributed by atoms with Crippen molar-refractivity contribution >= 4 is 16.9 Å². The molecule has 1 fully saturated rings. The van der Waals surface area contributed by atoms with Crippen molar-refractivity contribution in [1.82, 2.24) is 19.7 Å². The molecule has 2 atom stereocenters. The number of hydrogen-bond acceptors (Lipinski definition) is 4. The van der Waals surface area contributed by atoms with E-state index < -0.39 is 0 Å². The summed E-state index contributed by atoms with van der Waals surface area (Å²) in [5, 5.41) is 5.33. The number of fused-ring (bicyclic) bond motifs is 1. The van der Waals surface area contributed by atoms with Crippen LogP contribution in [0.15, 0.2) is 12.5 Å². The number of aryl methyl sites for hydroxylation is 1. The molecule has 0 unspecified atom stereocenters. The van der Waals surface area contributed by atoms with Crippen LogP contribution >= 0.6 is 0 Å². The number of rotatable bonds is 1. The largest absolute Gasteiger partial charge is 0.355 e. The van der Waals surface area contributed by atoms with Crippen molar-refractivity contribution in [3.8, 4) is 0 Å². The minimum Gasteiger partial charge on any atom is -0.355 e. The average molecular weight is 245 g/mol. The number of aromatic nitrogens is 4. The van der Waals surface area contributed by atoms with Gasteiger partial charge in [-0.3, -0.25) is 4.68 Å². The van der Waals surface area contributed by atoms with Crippen molar-refractivity contribution in [1.29, 1.82) is 0 Å². The third-order valence-corrected chi connectivity index (χ3v) is 3.68. The molecule has 3 rings (SSSR count). The highest BCUT2D eigenvalue weighted by molar-refractivity contribution is 5.86. The van der Waals surface area contributed by atoms with Crippen molar-refractivity contribution in [3.63, 3.8) is 0 Å². The lowest BCUT2D eigenvalue weighted by molar-refractivity contribution is 0.356. The zero-order valence-electron chi connectivity index (χ0n) is 11.2. The number of piperidine rings is 1. The maximum atomic E-state index is 4.47. The Labute approximate surface area is 107 Å². The standard InChI is InChI=1S/C13H19N5/c1-9-4-10(2)7-18(6-9)13-11-5-16-17(3)12(11)14-8-15-13/h5,8-10H,4,6-7H2,1-3H3/t9-,10+. The van der Waals surface area contributed by atoms with E-state index in [4.69, 9.17) is 0 Å². The number of anilines is 1. The molecule has 0 aromatic carbocycles. The molecule has 5 heteroatoms. The van der Waals surface area contributed by atoms with Gasteiger partial charge < -0.3 is 4.90 Å². The Balaban J connectivity index is 2.03. The lowest BCUT2D eigenvalue weighted by Crippen LogP contribution is -2.39. The molecule has 1 saturated heterocycles. The van der Waals surface area contributed by atoms with Gasteiger partial charge in [0.2, 0.25) is 0 Å². The summed E-state index contributed by atoms with van der Waals surface area (Å²) >= 11 is 0. The molecule has 96 valence electrons. The minimum atomic E-state index is 0.718. The van der Waals surface area contributed by atoms with Gasteiger partial charge in [0.25, 0.3) is 0 Å². The van der Waals surface area contributed by atoms with Crippen LogP contribution in [0.25, 0.3) is 11.0 Å². The van der Waals surface area contributed by atoms with Gasteiger partial charge in [-0.2, -0.15) is 5.10 Å². The van der Waals surface area contributed by atoms with E-state index >= 15 is 0 Å². The molecule has 2 aromatic rings. The minimum absolute atomic E-state index is 0.718. The molecule has 0 spiro atoms. The number of nitrogens with zero attached hydrogens (tertiary/aromatic N) is 5. The molecule has 1 aliphatic heterocycles. The van der Waals surface area contributed by atoms with E-state index in [1.54, 1.807) is 11.0 Å². The summed E-state index contributed by atoms with van der Waals surface area (Å²) < 4.78 is 1.80. The van der Waals surface area contributed by atoms with E-state index in [1.807, 2.05) is 13.2 Å². The van der Waals surface area contributed by atoms with Gasteiger partial charge in [-0.1, -0.05) is 13.8 Å². The molecule has 0 amide bonds. The monoisotopic (exact) mass is 245 g/mol. The normalized spacial score (nSPS) is 24.7. The Morgan fingerprint density at radius 3 is 2.61 bits per heavy atom. The summed E-state index contributed by atoms with van der Waals surface area (Å²) in [6, 6.07) is 0. The first-order chi connectivity index (χ1) is 8.65. The first-order valence-corrected chi connectivity index (χ1v) is 6.53. The van der Waals surface area contributed by atoms with Crippen LogP contribution in [0.5, 0.6) is 0 Å². The van der Waals surface area contributed by atoms with Crippen LogP contribution < -0.4 is 4.90 Å². The summed E-state index contributed by atoms with van der Waals surface area (Å²) in [4.78, 5) is 11.2. The molecule has 0 aliphatic carbocycles. The third kappa shape index (κ3) is 1.83. The Morgan fingerprint density at radius 1 is 1.17 bits per heavy atom. The fourth-order valence-electron chi connectivity index (χ4n) is 3.04. The van der Waals surface area contributed by atoms with Crippen molar-refractivity contribution < 1.29 is 0 Å². The zero-order valence-corrected chi connectivity index (χ0v) is 11.2. The Morgan fingerprint density at radius 2 is 1.89 bits per heavy atom. The van der Waals surface area contributed by atoms with E-state index in [2.05, 4.69) is 33.8 Å². The van der Waals surface area contributed by atoms with Crippen LogP contribution in [0.3, 0.4) is 0 Å². The van der Waals surface area contributed by atoms with Crippen LogP contribution in [-0.2, 0) is 7.05 Å². The van der Waals surface area contributed by atoms with Gasteiger partial charge in [0.05, 0.1) is 11.6 Å². The molecular weight excluding hydrogens is 226 g/mol. The summed E-state index contributed by atoms with van der Waals surface area (Å²) in [7, 11) is 1.92. The maximum Gasteiger partial charge on any atom is 0.163 e. The van der Waals surface area contributed by atoms with Gasteiger partial charge in [0.1, 0.15) is 12.1 Å². The lowest BCUT2D eigenvalue weighted by atomic mass is 9.92. The fourth-order valence-corrected chi connectivity index (χ4v) is 3.04. The molecule has 5 nitrogen and oxygen atoms in total. The smallest absolute Gasteiger partial charge is 0.163 e. The van der Waals surface area contributed by atoms with Crippen LogP contribution in [0.4, 0.5) is 5.82 Å². The van der Waals surface area contributed by atoms with Crippen molar-refractivity contribution in [3.05, 3.63) is 12.5 Å². The summed E-state index contributed by atoms with van der Waals surface area (Å²) in [6.45, 7) is 6.77. The van der Waals surface area contributed by atoms with Crippen molar-refractivity contribution in [2.24, 2.45) is 18.9 Å². The molecule has 0 radical (unpaired) electrons. The Kier molecular flexibility index (Phi) is 2.69. The van der Waals surface area contributed by atoms with Gasteiger partial charge in [0, 0.05) is 20.1 Å². The van der Waals surface area contributed by atoms with Gasteiger partial charge >= 0.3 is 0 Å². The second kappa shape index (κ2) is 4.23.